The maximum atomic E-state index is 14.5. The van der Waals surface area contributed by atoms with Crippen LogP contribution < -0.4 is 16.1 Å². The van der Waals surface area contributed by atoms with E-state index in [9.17, 15) is 24.3 Å². The summed E-state index contributed by atoms with van der Waals surface area (Å²) in [7, 11) is 1.69. The summed E-state index contributed by atoms with van der Waals surface area (Å²) < 4.78 is 8.42. The topological polar surface area (TPSA) is 168 Å². The number of carbonyl (C=O) groups excluding carboxylic acids is 4. The number of likely N-dealkylation sites (N-methyl/N-ethyl adjacent to an activating group) is 1. The molecule has 3 aliphatic heterocycles. The van der Waals surface area contributed by atoms with E-state index in [0.29, 0.717) is 37.9 Å². The molecule has 4 N–H and O–H groups in total. The number of pyridine rings is 1. The van der Waals surface area contributed by atoms with E-state index in [1.54, 1.807) is 24.1 Å². The lowest BCUT2D eigenvalue weighted by Crippen LogP contribution is -2.61. The molecule has 2 saturated heterocycles. The molecule has 3 aliphatic rings. The number of hydrazine groups is 1. The molecule has 7 rings (SSSR count). The maximum absolute atomic E-state index is 14.5. The number of fused-ring (bicyclic) bond motifs is 6. The van der Waals surface area contributed by atoms with E-state index >= 15 is 0 Å². The van der Waals surface area contributed by atoms with Crippen molar-refractivity contribution in [3.8, 4) is 28.1 Å². The molecule has 0 radical (unpaired) electrons. The van der Waals surface area contributed by atoms with Crippen LogP contribution in [-0.2, 0) is 49.7 Å². The normalized spacial score (nSPS) is 21.2. The van der Waals surface area contributed by atoms with Crippen molar-refractivity contribution in [2.24, 2.45) is 17.3 Å². The van der Waals surface area contributed by atoms with E-state index in [2.05, 4.69) is 77.6 Å². The average Bonchev–Trinajstić information content (AvgIpc) is 4.03. The number of hydrogen-bond donors (Lipinski definition) is 4. The van der Waals surface area contributed by atoms with E-state index in [1.165, 1.54) is 10.6 Å². The molecule has 5 heterocycles. The third kappa shape index (κ3) is 9.01. The van der Waals surface area contributed by atoms with Crippen molar-refractivity contribution in [2.75, 3.05) is 33.3 Å². The molecule has 0 saturated carbocycles. The van der Waals surface area contributed by atoms with Crippen LogP contribution in [0, 0.1) is 17.3 Å². The second-order valence-electron chi connectivity index (χ2n) is 17.6. The standard InChI is InChI=1S/C46H59N7O6/c1-8-29-14-15-47-23-35(29)41-34-22-46(5,6)26-59-45(58)37-11-10-16-53(50-37)44(57)38(49-42(55)36(27(3)4)25-51(7)43(56)39-24-48-39)19-28-17-31(20-32(54)18-28)30-12-13-40(33(34)21-30)52(41)9-2/h12-15,17-18,20-21,23,27,36-39,48,50,54H,8-11,16,19,22,24-26H2,1-7H3,(H,49,55)/t36-,37-,38-,39-/m0/s1. The van der Waals surface area contributed by atoms with Crippen LogP contribution in [-0.4, -0.2) is 99.7 Å². The van der Waals surface area contributed by atoms with Crippen LogP contribution in [0.5, 0.6) is 5.75 Å². The zero-order valence-electron chi connectivity index (χ0n) is 35.4. The molecule has 0 spiro atoms. The van der Waals surface area contributed by atoms with Gasteiger partial charge in [-0.1, -0.05) is 46.8 Å². The molecule has 2 fully saturated rings. The third-order valence-electron chi connectivity index (χ3n) is 12.1. The van der Waals surface area contributed by atoms with E-state index in [4.69, 9.17) is 4.74 Å². The molecular weight excluding hydrogens is 747 g/mol. The Balaban J connectivity index is 1.33. The predicted molar refractivity (Wildman–Crippen MR) is 227 cm³/mol. The van der Waals surface area contributed by atoms with E-state index in [0.717, 1.165) is 51.8 Å². The number of amides is 3. The Kier molecular flexibility index (Phi) is 12.2. The molecule has 59 heavy (non-hydrogen) atoms. The zero-order chi connectivity index (χ0) is 42.2. The molecule has 6 bridgehead atoms. The zero-order valence-corrected chi connectivity index (χ0v) is 35.4. The minimum atomic E-state index is -1.05. The Morgan fingerprint density at radius 1 is 1.10 bits per heavy atom. The first kappa shape index (κ1) is 41.9. The third-order valence-corrected chi connectivity index (χ3v) is 12.1. The van der Waals surface area contributed by atoms with Crippen LogP contribution in [0.1, 0.15) is 71.1 Å². The number of phenols is 1. The molecule has 4 atom stereocenters. The lowest BCUT2D eigenvalue weighted by Gasteiger charge is -2.36. The van der Waals surface area contributed by atoms with E-state index in [-0.39, 0.29) is 49.1 Å². The Morgan fingerprint density at radius 3 is 2.59 bits per heavy atom. The highest BCUT2D eigenvalue weighted by Crippen LogP contribution is 2.41. The molecule has 2 aromatic carbocycles. The highest BCUT2D eigenvalue weighted by atomic mass is 16.5. The Labute approximate surface area is 346 Å². The Hall–Kier alpha value is -5.27. The fraction of sp³-hybridized carbons (Fsp3) is 0.500. The number of ether oxygens (including phenoxy) is 1. The first-order chi connectivity index (χ1) is 28.2. The summed E-state index contributed by atoms with van der Waals surface area (Å²) in [5.74, 6) is -1.96. The van der Waals surface area contributed by atoms with E-state index < -0.39 is 35.3 Å². The number of aromatic hydroxyl groups is 1. The number of aromatic nitrogens is 2. The molecule has 314 valence electrons. The minimum absolute atomic E-state index is 0.0356. The number of rotatable bonds is 9. The number of benzene rings is 2. The summed E-state index contributed by atoms with van der Waals surface area (Å²) in [4.78, 5) is 61.4. The van der Waals surface area contributed by atoms with Gasteiger partial charge in [-0.05, 0) is 96.7 Å². The second-order valence-corrected chi connectivity index (χ2v) is 17.6. The van der Waals surface area contributed by atoms with Crippen molar-refractivity contribution in [1.82, 2.24) is 35.5 Å². The van der Waals surface area contributed by atoms with E-state index in [1.807, 2.05) is 32.3 Å². The molecule has 4 aromatic rings. The van der Waals surface area contributed by atoms with Crippen LogP contribution in [0.25, 0.3) is 33.3 Å². The monoisotopic (exact) mass is 805 g/mol. The van der Waals surface area contributed by atoms with Crippen LogP contribution in [0.4, 0.5) is 0 Å². The van der Waals surface area contributed by atoms with Crippen molar-refractivity contribution in [1.29, 1.82) is 0 Å². The summed E-state index contributed by atoms with van der Waals surface area (Å²) in [6.07, 6.45) is 6.33. The number of nitrogens with one attached hydrogen (secondary N) is 3. The maximum Gasteiger partial charge on any atom is 0.324 e. The summed E-state index contributed by atoms with van der Waals surface area (Å²) in [6, 6.07) is 11.7. The predicted octanol–water partition coefficient (Wildman–Crippen LogP) is 5.01. The molecule has 13 heteroatoms. The van der Waals surface area contributed by atoms with Gasteiger partial charge in [0, 0.05) is 73.9 Å². The Bertz CT molecular complexity index is 2240. The second kappa shape index (κ2) is 17.1. The van der Waals surface area contributed by atoms with Gasteiger partial charge in [0.15, 0.2) is 0 Å². The van der Waals surface area contributed by atoms with Crippen molar-refractivity contribution in [3.05, 3.63) is 71.5 Å². The molecule has 3 amide bonds. The largest absolute Gasteiger partial charge is 0.508 e. The van der Waals surface area contributed by atoms with Gasteiger partial charge in [-0.2, -0.15) is 0 Å². The SMILES string of the molecule is CCc1ccncc1-c1c2c3cc(ccc3n1CC)-c1cc(O)cc(c1)C[C@H](NC(=O)[C@@H](CN(C)C(=O)[C@@H]1CN1)C(C)C)C(=O)N1CCC[C@H](N1)C(=O)OCC(C)(C)C2. The summed E-state index contributed by atoms with van der Waals surface area (Å²) in [6.45, 7) is 14.4. The number of hydrogen-bond acceptors (Lipinski definition) is 9. The van der Waals surface area contributed by atoms with Gasteiger partial charge >= 0.3 is 5.97 Å². The van der Waals surface area contributed by atoms with Gasteiger partial charge in [0.25, 0.3) is 5.91 Å². The quantitative estimate of drug-likeness (QED) is 0.134. The van der Waals surface area contributed by atoms with Crippen molar-refractivity contribution in [2.45, 2.75) is 98.3 Å². The first-order valence-electron chi connectivity index (χ1n) is 21.1. The van der Waals surface area contributed by atoms with Gasteiger partial charge in [0.05, 0.1) is 24.3 Å². The number of nitrogens with zero attached hydrogens (tertiary/aromatic N) is 4. The summed E-state index contributed by atoms with van der Waals surface area (Å²) in [5, 5.41) is 19.8. The number of cyclic esters (lactones) is 1. The highest BCUT2D eigenvalue weighted by molar-refractivity contribution is 5.96. The van der Waals surface area contributed by atoms with Crippen LogP contribution in [0.15, 0.2) is 54.9 Å². The number of carbonyl (C=O) groups is 4. The van der Waals surface area contributed by atoms with Crippen LogP contribution in [0.2, 0.25) is 0 Å². The number of phenolic OH excluding ortho intramolecular Hbond substituents is 1. The van der Waals surface area contributed by atoms with Crippen LogP contribution >= 0.6 is 0 Å². The molecule has 13 nitrogen and oxygen atoms in total. The average molecular weight is 806 g/mol. The van der Waals surface area contributed by atoms with Crippen LogP contribution in [0.3, 0.4) is 0 Å². The van der Waals surface area contributed by atoms with Crippen molar-refractivity contribution < 1.29 is 29.0 Å². The Morgan fingerprint density at radius 2 is 1.88 bits per heavy atom. The van der Waals surface area contributed by atoms with Crippen molar-refractivity contribution >= 4 is 34.6 Å². The lowest BCUT2D eigenvalue weighted by atomic mass is 9.84. The van der Waals surface area contributed by atoms with Gasteiger partial charge in [-0.3, -0.25) is 29.2 Å². The van der Waals surface area contributed by atoms with Gasteiger partial charge in [-0.15, -0.1) is 0 Å². The molecular formula is C46H59N7O6. The molecule has 0 aliphatic carbocycles. The van der Waals surface area contributed by atoms with Gasteiger partial charge in [-0.25, -0.2) is 5.43 Å². The summed E-state index contributed by atoms with van der Waals surface area (Å²) >= 11 is 0. The van der Waals surface area contributed by atoms with Gasteiger partial charge in [0.1, 0.15) is 17.8 Å². The fourth-order valence-electron chi connectivity index (χ4n) is 8.72. The van der Waals surface area contributed by atoms with Gasteiger partial charge in [0.2, 0.25) is 11.8 Å². The fourth-order valence-corrected chi connectivity index (χ4v) is 8.72. The first-order valence-corrected chi connectivity index (χ1v) is 21.1. The number of aryl methyl sites for hydroxylation is 2. The molecule has 2 aromatic heterocycles. The van der Waals surface area contributed by atoms with Gasteiger partial charge < -0.3 is 29.9 Å². The highest BCUT2D eigenvalue weighted by Gasteiger charge is 2.38. The summed E-state index contributed by atoms with van der Waals surface area (Å²) in [5.41, 5.74) is 10.5. The smallest absolute Gasteiger partial charge is 0.324 e. The van der Waals surface area contributed by atoms with Crippen molar-refractivity contribution in [3.63, 3.8) is 0 Å². The molecule has 0 unspecified atom stereocenters. The lowest BCUT2D eigenvalue weighted by molar-refractivity contribution is -0.155. The minimum Gasteiger partial charge on any atom is -0.508 e. The number of esters is 1.